The fourth-order valence-corrected chi connectivity index (χ4v) is 3.55. The number of nitrogens with zero attached hydrogens (tertiary/aromatic N) is 3. The monoisotopic (exact) mass is 294 g/mol. The van der Waals surface area contributed by atoms with Crippen LogP contribution in [0.15, 0.2) is 4.52 Å². The first-order valence-electron chi connectivity index (χ1n) is 8.03. The van der Waals surface area contributed by atoms with Crippen LogP contribution in [0.3, 0.4) is 0 Å². The second-order valence-electron chi connectivity index (χ2n) is 6.54. The first-order chi connectivity index (χ1) is 10.1. The SMILES string of the molecule is CC1OC(C)C(c2nc(C(N)CN3CCCC3)no2)C1C. The molecule has 3 rings (SSSR count). The second-order valence-corrected chi connectivity index (χ2v) is 6.54. The lowest BCUT2D eigenvalue weighted by Gasteiger charge is -2.17. The van der Waals surface area contributed by atoms with Crippen LogP contribution < -0.4 is 5.73 Å². The smallest absolute Gasteiger partial charge is 0.232 e. The number of nitrogens with two attached hydrogens (primary N) is 1. The van der Waals surface area contributed by atoms with Crippen molar-refractivity contribution in [2.75, 3.05) is 19.6 Å². The maximum absolute atomic E-state index is 6.23. The maximum atomic E-state index is 6.23. The lowest BCUT2D eigenvalue weighted by atomic mass is 9.89. The first-order valence-corrected chi connectivity index (χ1v) is 8.03. The molecule has 6 heteroatoms. The summed E-state index contributed by atoms with van der Waals surface area (Å²) in [6, 6.07) is -0.175. The zero-order valence-corrected chi connectivity index (χ0v) is 13.2. The van der Waals surface area contributed by atoms with E-state index < -0.39 is 0 Å². The van der Waals surface area contributed by atoms with Gasteiger partial charge >= 0.3 is 0 Å². The van der Waals surface area contributed by atoms with Gasteiger partial charge < -0.3 is 19.9 Å². The number of ether oxygens (including phenoxy) is 1. The third-order valence-electron chi connectivity index (χ3n) is 4.97. The Morgan fingerprint density at radius 3 is 2.57 bits per heavy atom. The summed E-state index contributed by atoms with van der Waals surface area (Å²) in [7, 11) is 0. The van der Waals surface area contributed by atoms with Gasteiger partial charge in [-0.1, -0.05) is 12.1 Å². The Labute approximate surface area is 126 Å². The molecule has 3 heterocycles. The normalized spacial score (nSPS) is 35.4. The summed E-state index contributed by atoms with van der Waals surface area (Å²) in [5.74, 6) is 1.84. The van der Waals surface area contributed by atoms with Crippen LogP contribution in [0, 0.1) is 5.92 Å². The molecule has 2 saturated heterocycles. The molecular weight excluding hydrogens is 268 g/mol. The number of hydrogen-bond donors (Lipinski definition) is 1. The van der Waals surface area contributed by atoms with E-state index in [0.717, 1.165) is 19.6 Å². The average molecular weight is 294 g/mol. The molecule has 0 aliphatic carbocycles. The van der Waals surface area contributed by atoms with Crippen molar-refractivity contribution < 1.29 is 9.26 Å². The highest BCUT2D eigenvalue weighted by Crippen LogP contribution is 2.39. The fraction of sp³-hybridized carbons (Fsp3) is 0.867. The van der Waals surface area contributed by atoms with Crippen LogP contribution in [-0.2, 0) is 4.74 Å². The van der Waals surface area contributed by atoms with Crippen molar-refractivity contribution in [1.29, 1.82) is 0 Å². The fourth-order valence-electron chi connectivity index (χ4n) is 3.55. The molecule has 2 aliphatic heterocycles. The Morgan fingerprint density at radius 1 is 1.24 bits per heavy atom. The molecular formula is C15H26N4O2. The lowest BCUT2D eigenvalue weighted by Crippen LogP contribution is -2.30. The molecule has 0 bridgehead atoms. The molecule has 0 spiro atoms. The molecule has 2 fully saturated rings. The molecule has 0 saturated carbocycles. The minimum absolute atomic E-state index is 0.109. The lowest BCUT2D eigenvalue weighted by molar-refractivity contribution is 0.0542. The third kappa shape index (κ3) is 2.98. The standard InChI is InChI=1S/C15H26N4O2/c1-9-10(2)20-11(3)13(9)15-17-14(18-21-15)12(16)8-19-6-4-5-7-19/h9-13H,4-8,16H2,1-3H3. The molecule has 5 atom stereocenters. The summed E-state index contributed by atoms with van der Waals surface area (Å²) < 4.78 is 11.3. The van der Waals surface area contributed by atoms with Gasteiger partial charge in [0.1, 0.15) is 0 Å². The average Bonchev–Trinajstić information content (AvgIpc) is 3.13. The minimum atomic E-state index is -0.175. The van der Waals surface area contributed by atoms with Crippen LogP contribution in [0.5, 0.6) is 0 Å². The van der Waals surface area contributed by atoms with Gasteiger partial charge in [-0.05, 0) is 45.7 Å². The van der Waals surface area contributed by atoms with Crippen LogP contribution >= 0.6 is 0 Å². The minimum Gasteiger partial charge on any atom is -0.374 e. The number of aromatic nitrogens is 2. The molecule has 118 valence electrons. The quantitative estimate of drug-likeness (QED) is 0.910. The van der Waals surface area contributed by atoms with Crippen molar-refractivity contribution in [2.45, 2.75) is 57.8 Å². The van der Waals surface area contributed by atoms with E-state index in [0.29, 0.717) is 17.6 Å². The van der Waals surface area contributed by atoms with E-state index in [1.54, 1.807) is 0 Å². The van der Waals surface area contributed by atoms with Crippen LogP contribution in [0.4, 0.5) is 0 Å². The molecule has 2 aliphatic rings. The highest BCUT2D eigenvalue weighted by molar-refractivity contribution is 5.05. The molecule has 0 amide bonds. The molecule has 2 N–H and O–H groups in total. The third-order valence-corrected chi connectivity index (χ3v) is 4.97. The highest BCUT2D eigenvalue weighted by atomic mass is 16.5. The van der Waals surface area contributed by atoms with Crippen molar-refractivity contribution >= 4 is 0 Å². The van der Waals surface area contributed by atoms with E-state index in [1.807, 2.05) is 0 Å². The molecule has 5 unspecified atom stereocenters. The molecule has 1 aromatic heterocycles. The van der Waals surface area contributed by atoms with Crippen LogP contribution in [0.25, 0.3) is 0 Å². The molecule has 0 radical (unpaired) electrons. The predicted octanol–water partition coefficient (Wildman–Crippen LogP) is 1.69. The zero-order chi connectivity index (χ0) is 15.0. The second kappa shape index (κ2) is 6.02. The van der Waals surface area contributed by atoms with Crippen LogP contribution in [0.1, 0.15) is 57.3 Å². The van der Waals surface area contributed by atoms with E-state index in [-0.39, 0.29) is 24.2 Å². The summed E-state index contributed by atoms with van der Waals surface area (Å²) in [5, 5.41) is 4.10. The molecule has 6 nitrogen and oxygen atoms in total. The van der Waals surface area contributed by atoms with Crippen molar-refractivity contribution in [3.05, 3.63) is 11.7 Å². The van der Waals surface area contributed by atoms with Gasteiger partial charge in [0, 0.05) is 6.54 Å². The van der Waals surface area contributed by atoms with Crippen molar-refractivity contribution in [1.82, 2.24) is 15.0 Å². The topological polar surface area (TPSA) is 77.4 Å². The Balaban J connectivity index is 1.68. The van der Waals surface area contributed by atoms with Gasteiger partial charge in [0.2, 0.25) is 5.89 Å². The van der Waals surface area contributed by atoms with E-state index in [2.05, 4.69) is 35.8 Å². The van der Waals surface area contributed by atoms with Crippen LogP contribution in [0.2, 0.25) is 0 Å². The molecule has 1 aromatic rings. The highest BCUT2D eigenvalue weighted by Gasteiger charge is 2.41. The summed E-state index contributed by atoms with van der Waals surface area (Å²) in [5.41, 5.74) is 6.23. The number of hydrogen-bond acceptors (Lipinski definition) is 6. The summed E-state index contributed by atoms with van der Waals surface area (Å²) >= 11 is 0. The Morgan fingerprint density at radius 2 is 1.95 bits per heavy atom. The summed E-state index contributed by atoms with van der Waals surface area (Å²) in [4.78, 5) is 6.93. The van der Waals surface area contributed by atoms with Crippen molar-refractivity contribution in [3.8, 4) is 0 Å². The number of rotatable bonds is 4. The van der Waals surface area contributed by atoms with Crippen molar-refractivity contribution in [3.63, 3.8) is 0 Å². The van der Waals surface area contributed by atoms with E-state index >= 15 is 0 Å². The Bertz CT molecular complexity index is 472. The Kier molecular flexibility index (Phi) is 4.28. The predicted molar refractivity (Wildman–Crippen MR) is 78.8 cm³/mol. The maximum Gasteiger partial charge on any atom is 0.232 e. The van der Waals surface area contributed by atoms with Gasteiger partial charge in [-0.2, -0.15) is 4.98 Å². The van der Waals surface area contributed by atoms with Gasteiger partial charge in [-0.15, -0.1) is 0 Å². The van der Waals surface area contributed by atoms with Gasteiger partial charge in [0.25, 0.3) is 0 Å². The van der Waals surface area contributed by atoms with Gasteiger partial charge in [-0.3, -0.25) is 0 Å². The van der Waals surface area contributed by atoms with Gasteiger partial charge in [0.05, 0.1) is 24.2 Å². The molecule has 21 heavy (non-hydrogen) atoms. The first kappa shape index (κ1) is 14.9. The Hall–Kier alpha value is -0.980. The van der Waals surface area contributed by atoms with Crippen molar-refractivity contribution in [2.24, 2.45) is 11.7 Å². The van der Waals surface area contributed by atoms with E-state index in [4.69, 9.17) is 15.0 Å². The zero-order valence-electron chi connectivity index (χ0n) is 13.2. The van der Waals surface area contributed by atoms with E-state index in [9.17, 15) is 0 Å². The van der Waals surface area contributed by atoms with Crippen LogP contribution in [-0.4, -0.2) is 46.9 Å². The molecule has 0 aromatic carbocycles. The van der Waals surface area contributed by atoms with E-state index in [1.165, 1.54) is 12.8 Å². The largest absolute Gasteiger partial charge is 0.374 e. The number of likely N-dealkylation sites (tertiary alicyclic amines) is 1. The summed E-state index contributed by atoms with van der Waals surface area (Å²) in [6.07, 6.45) is 2.85. The van der Waals surface area contributed by atoms with Gasteiger partial charge in [-0.25, -0.2) is 0 Å². The van der Waals surface area contributed by atoms with Gasteiger partial charge in [0.15, 0.2) is 5.82 Å². The summed E-state index contributed by atoms with van der Waals surface area (Å²) in [6.45, 7) is 9.39.